The van der Waals surface area contributed by atoms with E-state index >= 15 is 13.2 Å². The first-order valence-electron chi connectivity index (χ1n) is 25.1. The number of benzene rings is 4. The molecular formula is C60H77F3N2O2. The van der Waals surface area contributed by atoms with Gasteiger partial charge in [-0.2, -0.15) is 0 Å². The molecule has 1 aliphatic carbocycles. The van der Waals surface area contributed by atoms with Crippen molar-refractivity contribution in [1.82, 2.24) is 9.13 Å². The zero-order valence-electron chi connectivity index (χ0n) is 42.7. The van der Waals surface area contributed by atoms with Crippen LogP contribution in [-0.2, 0) is 39.5 Å². The van der Waals surface area contributed by atoms with Crippen molar-refractivity contribution in [2.45, 2.75) is 201 Å². The Morgan fingerprint density at radius 3 is 1.25 bits per heavy atom. The number of nitrogens with zero attached hydrogens (tertiary/aromatic N) is 2. The quantitative estimate of drug-likeness (QED) is 0.0984. The lowest BCUT2D eigenvalue weighted by Crippen LogP contribution is -2.26. The molecule has 1 aliphatic rings. The lowest BCUT2D eigenvalue weighted by molar-refractivity contribution is -0.115. The highest BCUT2D eigenvalue weighted by molar-refractivity contribution is 6.09. The molecule has 4 nitrogen and oxygen atoms in total. The topological polar surface area (TPSA) is 47.2 Å². The molecule has 0 saturated heterocycles. The SMILES string of the molecule is CC(C)(C)c1ccc2c(c1)c1cc(C(C)(C)C)ccc1n2CCCCCCC(=O)C1=C(F)CC(F)C(C(O)CCCCCCn2c3ccc(C(C)(C)C)cc3c3cc(C(C)(C)C)ccc32)=C1F. The summed E-state index contributed by atoms with van der Waals surface area (Å²) in [5.74, 6) is -2.93. The van der Waals surface area contributed by atoms with Gasteiger partial charge in [0.2, 0.25) is 0 Å². The van der Waals surface area contributed by atoms with E-state index in [0.29, 0.717) is 12.8 Å². The Hall–Kier alpha value is -4.62. The van der Waals surface area contributed by atoms with E-state index < -0.39 is 47.3 Å². The first-order chi connectivity index (χ1) is 31.4. The summed E-state index contributed by atoms with van der Waals surface area (Å²) in [7, 11) is 0. The molecule has 0 fully saturated rings. The normalized spacial score (nSPS) is 16.1. The van der Waals surface area contributed by atoms with Crippen LogP contribution in [0.5, 0.6) is 0 Å². The molecule has 0 saturated carbocycles. The summed E-state index contributed by atoms with van der Waals surface area (Å²) >= 11 is 0. The number of rotatable bonds is 16. The Morgan fingerprint density at radius 1 is 0.552 bits per heavy atom. The standard InChI is InChI=1S/C60H77F3N2O2/c1-57(2,3)38-23-27-48-42(33-38)43-34-39(58(4,5)6)24-28-49(43)64(48)31-19-15-13-17-21-52(66)54-46(61)37-47(62)55(56(54)63)53(67)22-18-14-16-20-32-65-50-29-25-40(59(7,8)9)35-44(50)45-36-41(60(10,11)12)26-30-51(45)65/h23-30,33-36,46,52,66H,13-22,31-32,37H2,1-12H3. The van der Waals surface area contributed by atoms with E-state index in [1.807, 2.05) is 0 Å². The summed E-state index contributed by atoms with van der Waals surface area (Å²) < 4.78 is 51.1. The van der Waals surface area contributed by atoms with Crippen molar-refractivity contribution < 1.29 is 23.1 Å². The first kappa shape index (κ1) is 50.3. The first-order valence-corrected chi connectivity index (χ1v) is 25.1. The molecule has 2 heterocycles. The van der Waals surface area contributed by atoms with Crippen molar-refractivity contribution in [3.05, 3.63) is 118 Å². The fourth-order valence-corrected chi connectivity index (χ4v) is 10.1. The second kappa shape index (κ2) is 19.4. The molecule has 4 aromatic carbocycles. The number of allylic oxidation sites excluding steroid dienone is 3. The Bertz CT molecular complexity index is 2700. The van der Waals surface area contributed by atoms with Crippen LogP contribution in [0.15, 0.2) is 95.6 Å². The van der Waals surface area contributed by atoms with Crippen LogP contribution in [0.25, 0.3) is 43.6 Å². The van der Waals surface area contributed by atoms with Crippen LogP contribution >= 0.6 is 0 Å². The molecule has 2 aromatic heterocycles. The van der Waals surface area contributed by atoms with Gasteiger partial charge in [-0.1, -0.05) is 139 Å². The van der Waals surface area contributed by atoms with Crippen molar-refractivity contribution >= 4 is 49.4 Å². The third-order valence-corrected chi connectivity index (χ3v) is 14.4. The zero-order chi connectivity index (χ0) is 48.8. The number of fused-ring (bicyclic) bond motifs is 6. The highest BCUT2D eigenvalue weighted by Crippen LogP contribution is 2.40. The van der Waals surface area contributed by atoms with Crippen molar-refractivity contribution in [3.63, 3.8) is 0 Å². The third kappa shape index (κ3) is 10.8. The second-order valence-electron chi connectivity index (χ2n) is 23.8. The van der Waals surface area contributed by atoms with Gasteiger partial charge in [-0.05, 0) is 118 Å². The average molecular weight is 915 g/mol. The largest absolute Gasteiger partial charge is 0.389 e. The minimum atomic E-state index is -2.00. The molecule has 67 heavy (non-hydrogen) atoms. The predicted octanol–water partition coefficient (Wildman–Crippen LogP) is 16.8. The van der Waals surface area contributed by atoms with E-state index in [0.717, 1.165) is 51.6 Å². The predicted molar refractivity (Wildman–Crippen MR) is 277 cm³/mol. The van der Waals surface area contributed by atoms with Gasteiger partial charge >= 0.3 is 0 Å². The number of ketones is 1. The Kier molecular flexibility index (Phi) is 14.6. The van der Waals surface area contributed by atoms with E-state index in [4.69, 9.17) is 0 Å². The van der Waals surface area contributed by atoms with Gasteiger partial charge < -0.3 is 14.2 Å². The fourth-order valence-electron chi connectivity index (χ4n) is 10.1. The minimum absolute atomic E-state index is 0.0265. The molecule has 0 bridgehead atoms. The highest BCUT2D eigenvalue weighted by atomic mass is 19.2. The lowest BCUT2D eigenvalue weighted by atomic mass is 9.85. The molecule has 0 spiro atoms. The number of hydrogen-bond acceptors (Lipinski definition) is 2. The summed E-state index contributed by atoms with van der Waals surface area (Å²) in [4.78, 5) is 13.3. The van der Waals surface area contributed by atoms with Crippen LogP contribution in [0.4, 0.5) is 13.2 Å². The second-order valence-corrected chi connectivity index (χ2v) is 23.8. The third-order valence-electron chi connectivity index (χ3n) is 14.4. The van der Waals surface area contributed by atoms with E-state index in [1.165, 1.54) is 65.9 Å². The van der Waals surface area contributed by atoms with Crippen molar-refractivity contribution in [2.75, 3.05) is 0 Å². The molecule has 6 aromatic rings. The van der Waals surface area contributed by atoms with Gasteiger partial charge in [0.05, 0.1) is 11.7 Å². The summed E-state index contributed by atoms with van der Waals surface area (Å²) in [5.41, 5.74) is 8.99. The van der Waals surface area contributed by atoms with Gasteiger partial charge in [-0.25, -0.2) is 13.2 Å². The van der Waals surface area contributed by atoms with Gasteiger partial charge in [-0.15, -0.1) is 0 Å². The van der Waals surface area contributed by atoms with Gasteiger partial charge in [-0.3, -0.25) is 4.79 Å². The molecule has 2 atom stereocenters. The number of unbranched alkanes of at least 4 members (excludes halogenated alkanes) is 6. The number of aliphatic hydroxyl groups excluding tert-OH is 1. The molecule has 1 N–H and O–H groups in total. The minimum Gasteiger partial charge on any atom is -0.389 e. The summed E-state index contributed by atoms with van der Waals surface area (Å²) in [5, 5.41) is 16.1. The number of aryl methyl sites for hydroxylation is 2. The Morgan fingerprint density at radius 2 is 0.896 bits per heavy atom. The molecule has 7 rings (SSSR count). The van der Waals surface area contributed by atoms with Crippen LogP contribution in [0.1, 0.15) is 176 Å². The van der Waals surface area contributed by atoms with Crippen LogP contribution < -0.4 is 0 Å². The fraction of sp³-hybridized carbons (Fsp3) is 0.517. The average Bonchev–Trinajstić information content (AvgIpc) is 3.72. The summed E-state index contributed by atoms with van der Waals surface area (Å²) in [6.07, 6.45) is 2.02. The van der Waals surface area contributed by atoms with E-state index in [2.05, 4.69) is 165 Å². The molecule has 7 heteroatoms. The molecule has 0 aliphatic heterocycles. The Labute approximate surface area is 398 Å². The number of aromatic nitrogens is 2. The van der Waals surface area contributed by atoms with E-state index in [1.54, 1.807) is 0 Å². The number of halogens is 3. The maximum atomic E-state index is 15.9. The molecule has 0 amide bonds. The highest BCUT2D eigenvalue weighted by Gasteiger charge is 2.36. The van der Waals surface area contributed by atoms with Crippen LogP contribution in [0.2, 0.25) is 0 Å². The van der Waals surface area contributed by atoms with Gasteiger partial charge in [0.25, 0.3) is 0 Å². The van der Waals surface area contributed by atoms with Gasteiger partial charge in [0.1, 0.15) is 17.8 Å². The summed E-state index contributed by atoms with van der Waals surface area (Å²) in [6.45, 7) is 28.5. The Balaban J connectivity index is 0.922. The molecule has 2 unspecified atom stereocenters. The maximum absolute atomic E-state index is 15.9. The van der Waals surface area contributed by atoms with E-state index in [9.17, 15) is 9.90 Å². The molecule has 0 radical (unpaired) electrons. The number of hydrogen-bond donors (Lipinski definition) is 1. The number of Topliss-reactive ketones (excluding diaryl/α,β-unsaturated/α-hetero) is 1. The number of carbonyl (C=O) groups is 1. The smallest absolute Gasteiger partial charge is 0.168 e. The molecular weight excluding hydrogens is 838 g/mol. The monoisotopic (exact) mass is 915 g/mol. The maximum Gasteiger partial charge on any atom is 0.168 e. The van der Waals surface area contributed by atoms with Crippen molar-refractivity contribution in [2.24, 2.45) is 0 Å². The number of alkyl halides is 1. The van der Waals surface area contributed by atoms with E-state index in [-0.39, 0.29) is 34.5 Å². The van der Waals surface area contributed by atoms with Crippen molar-refractivity contribution in [3.8, 4) is 0 Å². The molecule has 360 valence electrons. The zero-order valence-corrected chi connectivity index (χ0v) is 42.7. The van der Waals surface area contributed by atoms with Crippen molar-refractivity contribution in [1.29, 1.82) is 0 Å². The lowest BCUT2D eigenvalue weighted by Gasteiger charge is -2.24. The van der Waals surface area contributed by atoms with Gasteiger partial charge in [0.15, 0.2) is 5.78 Å². The van der Waals surface area contributed by atoms with Crippen LogP contribution in [-0.4, -0.2) is 32.3 Å². The van der Waals surface area contributed by atoms with Crippen LogP contribution in [0, 0.1) is 0 Å². The number of aliphatic hydroxyl groups is 1. The summed E-state index contributed by atoms with van der Waals surface area (Å²) in [6, 6.07) is 27.3. The van der Waals surface area contributed by atoms with Crippen LogP contribution in [0.3, 0.4) is 0 Å². The number of carbonyl (C=O) groups excluding carboxylic acids is 1. The van der Waals surface area contributed by atoms with Gasteiger partial charge in [0, 0.05) is 75.1 Å².